The van der Waals surface area contributed by atoms with E-state index in [1.54, 1.807) is 0 Å². The molecule has 1 aromatic rings. The molecule has 0 heterocycles. The highest BCUT2D eigenvalue weighted by molar-refractivity contribution is 7.99. The summed E-state index contributed by atoms with van der Waals surface area (Å²) >= 11 is 1.87. The van der Waals surface area contributed by atoms with Crippen molar-refractivity contribution in [3.05, 3.63) is 24.3 Å². The minimum Gasteiger partial charge on any atom is -0.373 e. The Balaban J connectivity index is 2.60. The van der Waals surface area contributed by atoms with Gasteiger partial charge in [-0.3, -0.25) is 0 Å². The Morgan fingerprint density at radius 1 is 1.24 bits per heavy atom. The molecule has 3 nitrogen and oxygen atoms in total. The SMILES string of the molecule is CC(C)Sc1ccc(N(C)CC(N)CN)cc1. The minimum atomic E-state index is 0.0321. The van der Waals surface area contributed by atoms with Crippen molar-refractivity contribution in [2.75, 3.05) is 25.0 Å². The lowest BCUT2D eigenvalue weighted by atomic mass is 10.2. The molecule has 0 fully saturated rings. The van der Waals surface area contributed by atoms with Gasteiger partial charge in [0.05, 0.1) is 0 Å². The van der Waals surface area contributed by atoms with Crippen molar-refractivity contribution < 1.29 is 0 Å². The van der Waals surface area contributed by atoms with Crippen molar-refractivity contribution in [1.82, 2.24) is 0 Å². The summed E-state index contributed by atoms with van der Waals surface area (Å²) in [4.78, 5) is 3.45. The van der Waals surface area contributed by atoms with Crippen LogP contribution < -0.4 is 16.4 Å². The summed E-state index contributed by atoms with van der Waals surface area (Å²) in [5, 5.41) is 0.615. The van der Waals surface area contributed by atoms with Crippen LogP contribution in [0.3, 0.4) is 0 Å². The van der Waals surface area contributed by atoms with Crippen molar-refractivity contribution in [3.63, 3.8) is 0 Å². The van der Waals surface area contributed by atoms with Crippen molar-refractivity contribution in [2.45, 2.75) is 30.0 Å². The Morgan fingerprint density at radius 2 is 1.82 bits per heavy atom. The largest absolute Gasteiger partial charge is 0.373 e. The zero-order valence-corrected chi connectivity index (χ0v) is 11.7. The summed E-state index contributed by atoms with van der Waals surface area (Å²) in [7, 11) is 2.04. The van der Waals surface area contributed by atoms with Gasteiger partial charge >= 0.3 is 0 Å². The zero-order chi connectivity index (χ0) is 12.8. The second kappa shape index (κ2) is 6.89. The summed E-state index contributed by atoms with van der Waals surface area (Å²) in [5.74, 6) is 0. The maximum atomic E-state index is 5.84. The van der Waals surface area contributed by atoms with Crippen LogP contribution in [0.1, 0.15) is 13.8 Å². The highest BCUT2D eigenvalue weighted by Crippen LogP contribution is 2.25. The zero-order valence-electron chi connectivity index (χ0n) is 10.9. The fraction of sp³-hybridized carbons (Fsp3) is 0.538. The Hall–Kier alpha value is -0.710. The number of likely N-dealkylation sites (N-methyl/N-ethyl adjacent to an activating group) is 1. The monoisotopic (exact) mass is 253 g/mol. The molecule has 1 unspecified atom stereocenters. The Labute approximate surface area is 109 Å². The molecule has 0 aliphatic carbocycles. The fourth-order valence-electron chi connectivity index (χ4n) is 1.58. The molecular weight excluding hydrogens is 230 g/mol. The predicted molar refractivity (Wildman–Crippen MR) is 77.7 cm³/mol. The van der Waals surface area contributed by atoms with Crippen molar-refractivity contribution in [3.8, 4) is 0 Å². The molecule has 0 aromatic heterocycles. The number of hydrogen-bond acceptors (Lipinski definition) is 4. The molecule has 1 rings (SSSR count). The summed E-state index contributed by atoms with van der Waals surface area (Å²) < 4.78 is 0. The quantitative estimate of drug-likeness (QED) is 0.760. The predicted octanol–water partition coefficient (Wildman–Crippen LogP) is 1.91. The number of benzene rings is 1. The number of anilines is 1. The van der Waals surface area contributed by atoms with E-state index in [1.807, 2.05) is 18.8 Å². The van der Waals surface area contributed by atoms with Crippen molar-refractivity contribution in [1.29, 1.82) is 0 Å². The Kier molecular flexibility index (Phi) is 5.82. The highest BCUT2D eigenvalue weighted by Gasteiger charge is 2.06. The van der Waals surface area contributed by atoms with Crippen molar-refractivity contribution >= 4 is 17.4 Å². The Bertz CT molecular complexity index is 324. The molecular formula is C13H23N3S. The van der Waals surface area contributed by atoms with Gasteiger partial charge in [0.25, 0.3) is 0 Å². The maximum absolute atomic E-state index is 5.84. The molecule has 4 N–H and O–H groups in total. The molecule has 1 atom stereocenters. The van der Waals surface area contributed by atoms with Crippen LogP contribution in [0, 0.1) is 0 Å². The lowest BCUT2D eigenvalue weighted by Crippen LogP contribution is -2.40. The summed E-state index contributed by atoms with van der Waals surface area (Å²) in [6.07, 6.45) is 0. The maximum Gasteiger partial charge on any atom is 0.0364 e. The first-order valence-corrected chi connectivity index (χ1v) is 6.84. The third-order valence-corrected chi connectivity index (χ3v) is 3.48. The first kappa shape index (κ1) is 14.4. The molecule has 17 heavy (non-hydrogen) atoms. The fourth-order valence-corrected chi connectivity index (χ4v) is 2.42. The molecule has 0 saturated heterocycles. The van der Waals surface area contributed by atoms with Gasteiger partial charge < -0.3 is 16.4 Å². The van der Waals surface area contributed by atoms with Gasteiger partial charge in [0.15, 0.2) is 0 Å². The van der Waals surface area contributed by atoms with E-state index in [0.717, 1.165) is 6.54 Å². The van der Waals surface area contributed by atoms with Crippen LogP contribution in [-0.2, 0) is 0 Å². The number of nitrogens with two attached hydrogens (primary N) is 2. The van der Waals surface area contributed by atoms with E-state index < -0.39 is 0 Å². The van der Waals surface area contributed by atoms with Gasteiger partial charge in [0, 0.05) is 42.0 Å². The van der Waals surface area contributed by atoms with E-state index in [0.29, 0.717) is 11.8 Å². The molecule has 0 amide bonds. The number of hydrogen-bond donors (Lipinski definition) is 2. The molecule has 0 aliphatic rings. The van der Waals surface area contributed by atoms with Gasteiger partial charge in [-0.2, -0.15) is 0 Å². The van der Waals surface area contributed by atoms with Gasteiger partial charge in [-0.15, -0.1) is 11.8 Å². The van der Waals surface area contributed by atoms with Crippen LogP contribution in [0.5, 0.6) is 0 Å². The van der Waals surface area contributed by atoms with Crippen molar-refractivity contribution in [2.24, 2.45) is 11.5 Å². The molecule has 4 heteroatoms. The molecule has 0 spiro atoms. The minimum absolute atomic E-state index is 0.0321. The lowest BCUT2D eigenvalue weighted by Gasteiger charge is -2.22. The van der Waals surface area contributed by atoms with Gasteiger partial charge in [-0.25, -0.2) is 0 Å². The van der Waals surface area contributed by atoms with E-state index in [-0.39, 0.29) is 6.04 Å². The van der Waals surface area contributed by atoms with E-state index in [9.17, 15) is 0 Å². The smallest absolute Gasteiger partial charge is 0.0364 e. The Morgan fingerprint density at radius 3 is 2.29 bits per heavy atom. The van der Waals surface area contributed by atoms with E-state index in [4.69, 9.17) is 11.5 Å². The molecule has 0 bridgehead atoms. The average molecular weight is 253 g/mol. The number of thioether (sulfide) groups is 1. The molecule has 1 aromatic carbocycles. The molecule has 96 valence electrons. The first-order valence-electron chi connectivity index (χ1n) is 5.96. The third-order valence-electron chi connectivity index (χ3n) is 2.46. The van der Waals surface area contributed by atoms with E-state index >= 15 is 0 Å². The summed E-state index contributed by atoms with van der Waals surface area (Å²) in [6.45, 7) is 5.70. The third kappa shape index (κ3) is 4.98. The van der Waals surface area contributed by atoms with Crippen LogP contribution in [-0.4, -0.2) is 31.4 Å². The van der Waals surface area contributed by atoms with Crippen LogP contribution >= 0.6 is 11.8 Å². The molecule has 0 aliphatic heterocycles. The second-order valence-electron chi connectivity index (χ2n) is 4.54. The average Bonchev–Trinajstić information content (AvgIpc) is 2.28. The topological polar surface area (TPSA) is 55.3 Å². The number of nitrogens with zero attached hydrogens (tertiary/aromatic N) is 1. The van der Waals surface area contributed by atoms with Crippen LogP contribution in [0.25, 0.3) is 0 Å². The number of rotatable bonds is 6. The summed E-state index contributed by atoms with van der Waals surface area (Å²) in [5.41, 5.74) is 12.5. The van der Waals surface area contributed by atoms with Gasteiger partial charge in [-0.1, -0.05) is 13.8 Å². The molecule has 0 saturated carbocycles. The highest BCUT2D eigenvalue weighted by atomic mass is 32.2. The normalized spacial score (nSPS) is 12.8. The summed E-state index contributed by atoms with van der Waals surface area (Å²) in [6, 6.07) is 8.61. The van der Waals surface area contributed by atoms with E-state index in [2.05, 4.69) is 43.0 Å². The lowest BCUT2D eigenvalue weighted by molar-refractivity contribution is 0.668. The van der Waals surface area contributed by atoms with Crippen LogP contribution in [0.15, 0.2) is 29.2 Å². The second-order valence-corrected chi connectivity index (χ2v) is 6.19. The first-order chi connectivity index (χ1) is 8.02. The van der Waals surface area contributed by atoms with Gasteiger partial charge in [0.2, 0.25) is 0 Å². The van der Waals surface area contributed by atoms with E-state index in [1.165, 1.54) is 10.6 Å². The van der Waals surface area contributed by atoms with Crippen LogP contribution in [0.4, 0.5) is 5.69 Å². The molecule has 0 radical (unpaired) electrons. The van der Waals surface area contributed by atoms with Gasteiger partial charge in [-0.05, 0) is 24.3 Å². The van der Waals surface area contributed by atoms with Crippen LogP contribution in [0.2, 0.25) is 0 Å². The van der Waals surface area contributed by atoms with Gasteiger partial charge in [0.1, 0.15) is 0 Å². The standard InChI is InChI=1S/C13H23N3S/c1-10(2)17-13-6-4-12(5-7-13)16(3)9-11(15)8-14/h4-7,10-11H,8-9,14-15H2,1-3H3.